The predicted octanol–water partition coefficient (Wildman–Crippen LogP) is 2.35. The molecule has 0 spiro atoms. The zero-order valence-corrected chi connectivity index (χ0v) is 18.4. The van der Waals surface area contributed by atoms with Crippen molar-refractivity contribution in [2.24, 2.45) is 0 Å². The van der Waals surface area contributed by atoms with Crippen molar-refractivity contribution in [3.8, 4) is 11.3 Å². The third kappa shape index (κ3) is 4.36. The summed E-state index contributed by atoms with van der Waals surface area (Å²) in [7, 11) is 2.68. The monoisotopic (exact) mass is 459 g/mol. The van der Waals surface area contributed by atoms with Crippen molar-refractivity contribution in [2.75, 3.05) is 33.9 Å². The van der Waals surface area contributed by atoms with Crippen molar-refractivity contribution in [1.29, 1.82) is 0 Å². The Labute approximate surface area is 188 Å². The zero-order chi connectivity index (χ0) is 23.7. The Morgan fingerprint density at radius 1 is 1.27 bits per heavy atom. The average molecular weight is 459 g/mol. The number of imidazole rings is 1. The lowest BCUT2D eigenvalue weighted by atomic mass is 10.0. The molecule has 11 heteroatoms. The zero-order valence-electron chi connectivity index (χ0n) is 18.4. The van der Waals surface area contributed by atoms with Crippen LogP contribution in [-0.2, 0) is 15.9 Å². The largest absolute Gasteiger partial charge is 0.453 e. The van der Waals surface area contributed by atoms with E-state index in [1.165, 1.54) is 29.8 Å². The molecule has 1 saturated heterocycles. The summed E-state index contributed by atoms with van der Waals surface area (Å²) in [6.07, 6.45) is 0.719. The molecular formula is C22H23F2N5O4. The van der Waals surface area contributed by atoms with Crippen molar-refractivity contribution in [3.05, 3.63) is 53.1 Å². The highest BCUT2D eigenvalue weighted by atomic mass is 19.1. The number of hydrogen-bond donors (Lipinski definition) is 1. The van der Waals surface area contributed by atoms with Gasteiger partial charge in [0, 0.05) is 37.3 Å². The normalized spacial score (nSPS) is 16.2. The number of ether oxygens (including phenoxy) is 2. The number of rotatable bonds is 4. The van der Waals surface area contributed by atoms with Crippen molar-refractivity contribution in [3.63, 3.8) is 0 Å². The number of aryl methyl sites for hydroxylation is 1. The molecule has 174 valence electrons. The lowest BCUT2D eigenvalue weighted by Gasteiger charge is -2.31. The number of carbonyl (C=O) groups excluding carboxylic acids is 2. The number of halogens is 2. The summed E-state index contributed by atoms with van der Waals surface area (Å²) in [5, 5.41) is 2.35. The first-order valence-corrected chi connectivity index (χ1v) is 10.3. The number of benzene rings is 1. The van der Waals surface area contributed by atoms with E-state index in [0.29, 0.717) is 30.2 Å². The molecular weight excluding hydrogens is 436 g/mol. The van der Waals surface area contributed by atoms with Crippen LogP contribution < -0.4 is 5.32 Å². The molecule has 4 rings (SSSR count). The topological polar surface area (TPSA) is 98.1 Å². The van der Waals surface area contributed by atoms with E-state index in [0.717, 1.165) is 12.1 Å². The van der Waals surface area contributed by atoms with Gasteiger partial charge in [0.2, 0.25) is 0 Å². The highest BCUT2D eigenvalue weighted by Gasteiger charge is 2.29. The summed E-state index contributed by atoms with van der Waals surface area (Å²) in [5.41, 5.74) is 1.25. The standard InChI is InChI=1S/C22H23F2N5O4/c1-12-6-18-27-17(9-14-10-28(4-5-33-14)22(31)32-3)20(29(18)11-26-12)19-15(23)7-13(8-16(19)24)21(30)25-2/h6-8,11,14H,4-5,9-10H2,1-3H3,(H,25,30). The van der Waals surface area contributed by atoms with Gasteiger partial charge in [0.15, 0.2) is 0 Å². The highest BCUT2D eigenvalue weighted by Crippen LogP contribution is 2.32. The molecule has 1 aliphatic heterocycles. The molecule has 3 heterocycles. The van der Waals surface area contributed by atoms with Gasteiger partial charge in [-0.05, 0) is 19.1 Å². The van der Waals surface area contributed by atoms with Gasteiger partial charge in [-0.3, -0.25) is 9.20 Å². The van der Waals surface area contributed by atoms with Crippen LogP contribution in [0.3, 0.4) is 0 Å². The Hall–Kier alpha value is -3.60. The lowest BCUT2D eigenvalue weighted by Crippen LogP contribution is -2.46. The van der Waals surface area contributed by atoms with E-state index < -0.39 is 29.7 Å². The first-order chi connectivity index (χ1) is 15.8. The number of amides is 2. The Morgan fingerprint density at radius 3 is 2.67 bits per heavy atom. The maximum absolute atomic E-state index is 15.2. The van der Waals surface area contributed by atoms with E-state index in [2.05, 4.69) is 15.3 Å². The predicted molar refractivity (Wildman–Crippen MR) is 114 cm³/mol. The van der Waals surface area contributed by atoms with Crippen LogP contribution in [0.4, 0.5) is 13.6 Å². The van der Waals surface area contributed by atoms with Crippen molar-refractivity contribution < 1.29 is 27.8 Å². The Bertz CT molecular complexity index is 1210. The smallest absolute Gasteiger partial charge is 0.409 e. The van der Waals surface area contributed by atoms with E-state index in [1.54, 1.807) is 13.0 Å². The molecule has 9 nitrogen and oxygen atoms in total. The minimum absolute atomic E-state index is 0.134. The Morgan fingerprint density at radius 2 is 2.00 bits per heavy atom. The maximum atomic E-state index is 15.2. The summed E-state index contributed by atoms with van der Waals surface area (Å²) >= 11 is 0. The fourth-order valence-corrected chi connectivity index (χ4v) is 3.93. The number of morpholine rings is 1. The molecule has 33 heavy (non-hydrogen) atoms. The van der Waals surface area contributed by atoms with Crippen LogP contribution in [-0.4, -0.2) is 71.2 Å². The second-order valence-electron chi connectivity index (χ2n) is 7.67. The number of aromatic nitrogens is 3. The van der Waals surface area contributed by atoms with E-state index in [1.807, 2.05) is 0 Å². The first-order valence-electron chi connectivity index (χ1n) is 10.3. The Kier molecular flexibility index (Phi) is 6.23. The first kappa shape index (κ1) is 22.6. The number of carbonyl (C=O) groups is 2. The third-order valence-electron chi connectivity index (χ3n) is 5.49. The van der Waals surface area contributed by atoms with Crippen LogP contribution >= 0.6 is 0 Å². The van der Waals surface area contributed by atoms with Crippen LogP contribution in [0.25, 0.3) is 16.9 Å². The Balaban J connectivity index is 1.79. The van der Waals surface area contributed by atoms with Gasteiger partial charge in [-0.1, -0.05) is 0 Å². The van der Waals surface area contributed by atoms with Gasteiger partial charge in [0.25, 0.3) is 5.91 Å². The summed E-state index contributed by atoms with van der Waals surface area (Å²) in [6.45, 7) is 2.71. The maximum Gasteiger partial charge on any atom is 0.409 e. The van der Waals surface area contributed by atoms with Crippen LogP contribution in [0.15, 0.2) is 24.5 Å². The lowest BCUT2D eigenvalue weighted by molar-refractivity contribution is -0.0240. The number of nitrogens with one attached hydrogen (secondary N) is 1. The molecule has 1 aromatic carbocycles. The van der Waals surface area contributed by atoms with Gasteiger partial charge < -0.3 is 19.7 Å². The van der Waals surface area contributed by atoms with Crippen LogP contribution in [0.2, 0.25) is 0 Å². The second-order valence-corrected chi connectivity index (χ2v) is 7.67. The van der Waals surface area contributed by atoms with E-state index in [-0.39, 0.29) is 29.8 Å². The van der Waals surface area contributed by atoms with Gasteiger partial charge in [0.1, 0.15) is 23.6 Å². The van der Waals surface area contributed by atoms with E-state index in [9.17, 15) is 9.59 Å². The molecule has 1 fully saturated rings. The molecule has 0 saturated carbocycles. The molecule has 2 amide bonds. The average Bonchev–Trinajstić information content (AvgIpc) is 3.14. The van der Waals surface area contributed by atoms with Crippen molar-refractivity contribution in [2.45, 2.75) is 19.4 Å². The van der Waals surface area contributed by atoms with Gasteiger partial charge in [0.05, 0.1) is 43.3 Å². The number of nitrogens with zero attached hydrogens (tertiary/aromatic N) is 4. The summed E-state index contributed by atoms with van der Waals surface area (Å²) in [4.78, 5) is 34.1. The fraction of sp³-hybridized carbons (Fsp3) is 0.364. The minimum Gasteiger partial charge on any atom is -0.453 e. The molecule has 1 unspecified atom stereocenters. The molecule has 0 aliphatic carbocycles. The third-order valence-corrected chi connectivity index (χ3v) is 5.49. The molecule has 1 N–H and O–H groups in total. The van der Waals surface area contributed by atoms with Gasteiger partial charge >= 0.3 is 6.09 Å². The molecule has 0 radical (unpaired) electrons. The minimum atomic E-state index is -0.905. The highest BCUT2D eigenvalue weighted by molar-refractivity contribution is 5.94. The molecule has 2 aromatic heterocycles. The summed E-state index contributed by atoms with van der Waals surface area (Å²) in [6, 6.07) is 3.67. The SMILES string of the molecule is CNC(=O)c1cc(F)c(-c2c(CC3CN(C(=O)OC)CCO3)nc3cc(C)ncn23)c(F)c1. The van der Waals surface area contributed by atoms with Crippen LogP contribution in [0.5, 0.6) is 0 Å². The van der Waals surface area contributed by atoms with Gasteiger partial charge in [-0.15, -0.1) is 0 Å². The van der Waals surface area contributed by atoms with Crippen molar-refractivity contribution in [1.82, 2.24) is 24.6 Å². The molecule has 0 bridgehead atoms. The van der Waals surface area contributed by atoms with Crippen LogP contribution in [0.1, 0.15) is 21.7 Å². The summed E-state index contributed by atoms with van der Waals surface area (Å²) in [5.74, 6) is -2.41. The van der Waals surface area contributed by atoms with Gasteiger partial charge in [-0.2, -0.15) is 0 Å². The molecule has 1 aliphatic rings. The number of methoxy groups -OCH3 is 1. The number of fused-ring (bicyclic) bond motifs is 1. The fourth-order valence-electron chi connectivity index (χ4n) is 3.93. The van der Waals surface area contributed by atoms with Crippen molar-refractivity contribution >= 4 is 17.6 Å². The molecule has 1 atom stereocenters. The van der Waals surface area contributed by atoms with Crippen LogP contribution in [0, 0.1) is 18.6 Å². The quantitative estimate of drug-likeness (QED) is 0.643. The second kappa shape index (κ2) is 9.10. The molecule has 3 aromatic rings. The summed E-state index contributed by atoms with van der Waals surface area (Å²) < 4.78 is 42.4. The van der Waals surface area contributed by atoms with E-state index in [4.69, 9.17) is 9.47 Å². The van der Waals surface area contributed by atoms with E-state index >= 15 is 8.78 Å². The van der Waals surface area contributed by atoms with Gasteiger partial charge in [-0.25, -0.2) is 23.5 Å². The number of hydrogen-bond acceptors (Lipinski definition) is 6.